The standard InChI is InChI=1S/C8H8N2O2S/c1-13(11,12)8-6-9-7-4-2-3-5-10(7)8/h2-6H,1H3. The van der Waals surface area contributed by atoms with Gasteiger partial charge in [-0.15, -0.1) is 0 Å². The van der Waals surface area contributed by atoms with Crippen LogP contribution in [0.1, 0.15) is 0 Å². The number of aromatic nitrogens is 2. The Kier molecular flexibility index (Phi) is 1.63. The summed E-state index contributed by atoms with van der Waals surface area (Å²) in [6.45, 7) is 0. The molecular weight excluding hydrogens is 188 g/mol. The van der Waals surface area contributed by atoms with Crippen LogP contribution >= 0.6 is 0 Å². The van der Waals surface area contributed by atoms with Gasteiger partial charge in [-0.25, -0.2) is 13.4 Å². The first-order valence-electron chi connectivity index (χ1n) is 3.71. The van der Waals surface area contributed by atoms with Gasteiger partial charge in [0.15, 0.2) is 14.9 Å². The van der Waals surface area contributed by atoms with Gasteiger partial charge in [0, 0.05) is 12.5 Å². The van der Waals surface area contributed by atoms with Gasteiger partial charge in [0.2, 0.25) is 0 Å². The zero-order valence-corrected chi connectivity index (χ0v) is 7.82. The number of hydrogen-bond acceptors (Lipinski definition) is 3. The lowest BCUT2D eigenvalue weighted by atomic mass is 10.5. The maximum Gasteiger partial charge on any atom is 0.192 e. The molecule has 2 rings (SSSR count). The maximum absolute atomic E-state index is 11.2. The predicted molar refractivity (Wildman–Crippen MR) is 48.3 cm³/mol. The SMILES string of the molecule is CS(=O)(=O)c1cnc2ccccn12. The number of pyridine rings is 1. The zero-order chi connectivity index (χ0) is 9.47. The highest BCUT2D eigenvalue weighted by atomic mass is 32.2. The van der Waals surface area contributed by atoms with E-state index >= 15 is 0 Å². The molecule has 0 spiro atoms. The fourth-order valence-electron chi connectivity index (χ4n) is 1.18. The highest BCUT2D eigenvalue weighted by molar-refractivity contribution is 7.90. The van der Waals surface area contributed by atoms with Crippen molar-refractivity contribution in [3.63, 3.8) is 0 Å². The van der Waals surface area contributed by atoms with E-state index in [-0.39, 0.29) is 5.03 Å². The second-order valence-corrected chi connectivity index (χ2v) is 4.76. The van der Waals surface area contributed by atoms with Crippen molar-refractivity contribution in [3.05, 3.63) is 30.6 Å². The van der Waals surface area contributed by atoms with E-state index in [4.69, 9.17) is 0 Å². The van der Waals surface area contributed by atoms with E-state index in [0.29, 0.717) is 5.65 Å². The van der Waals surface area contributed by atoms with Crippen LogP contribution < -0.4 is 0 Å². The van der Waals surface area contributed by atoms with E-state index in [0.717, 1.165) is 0 Å². The van der Waals surface area contributed by atoms with Gasteiger partial charge in [-0.05, 0) is 12.1 Å². The molecular formula is C8H8N2O2S. The molecule has 4 nitrogen and oxygen atoms in total. The van der Waals surface area contributed by atoms with E-state index < -0.39 is 9.84 Å². The van der Waals surface area contributed by atoms with Crippen LogP contribution in [0.15, 0.2) is 35.6 Å². The Bertz CT molecular complexity index is 542. The Morgan fingerprint density at radius 3 is 2.85 bits per heavy atom. The minimum Gasteiger partial charge on any atom is -0.291 e. The number of nitrogens with zero attached hydrogens (tertiary/aromatic N) is 2. The molecule has 5 heteroatoms. The molecule has 0 aliphatic rings. The molecule has 0 atom stereocenters. The monoisotopic (exact) mass is 196 g/mol. The van der Waals surface area contributed by atoms with Crippen molar-refractivity contribution in [2.75, 3.05) is 6.26 Å². The van der Waals surface area contributed by atoms with Crippen LogP contribution in [0, 0.1) is 0 Å². The van der Waals surface area contributed by atoms with Gasteiger partial charge in [0.05, 0.1) is 6.20 Å². The van der Waals surface area contributed by atoms with Crippen molar-refractivity contribution in [1.29, 1.82) is 0 Å². The number of rotatable bonds is 1. The van der Waals surface area contributed by atoms with Crippen LogP contribution in [0.3, 0.4) is 0 Å². The van der Waals surface area contributed by atoms with Crippen LogP contribution in [0.4, 0.5) is 0 Å². The zero-order valence-electron chi connectivity index (χ0n) is 7.01. The van der Waals surface area contributed by atoms with Crippen LogP contribution in [0.5, 0.6) is 0 Å². The molecule has 0 saturated carbocycles. The highest BCUT2D eigenvalue weighted by Gasteiger charge is 2.12. The van der Waals surface area contributed by atoms with E-state index in [1.807, 2.05) is 6.07 Å². The van der Waals surface area contributed by atoms with Crippen LogP contribution in [0.25, 0.3) is 5.65 Å². The lowest BCUT2D eigenvalue weighted by Gasteiger charge is -1.96. The Morgan fingerprint density at radius 2 is 2.15 bits per heavy atom. The Hall–Kier alpha value is -1.36. The second kappa shape index (κ2) is 2.56. The lowest BCUT2D eigenvalue weighted by molar-refractivity contribution is 0.597. The van der Waals surface area contributed by atoms with Gasteiger partial charge in [-0.2, -0.15) is 0 Å². The van der Waals surface area contributed by atoms with Crippen LogP contribution in [0.2, 0.25) is 0 Å². The van der Waals surface area contributed by atoms with Crippen molar-refractivity contribution < 1.29 is 8.42 Å². The molecule has 0 saturated heterocycles. The fraction of sp³-hybridized carbons (Fsp3) is 0.125. The van der Waals surface area contributed by atoms with Crippen molar-refractivity contribution in [1.82, 2.24) is 9.38 Å². The van der Waals surface area contributed by atoms with Crippen molar-refractivity contribution in [3.8, 4) is 0 Å². The van der Waals surface area contributed by atoms with E-state index in [2.05, 4.69) is 4.98 Å². The summed E-state index contributed by atoms with van der Waals surface area (Å²) in [4.78, 5) is 3.97. The second-order valence-electron chi connectivity index (χ2n) is 2.80. The first-order chi connectivity index (χ1) is 6.09. The van der Waals surface area contributed by atoms with Crippen molar-refractivity contribution in [2.24, 2.45) is 0 Å². The minimum absolute atomic E-state index is 0.225. The summed E-state index contributed by atoms with van der Waals surface area (Å²) in [6.07, 6.45) is 4.22. The third kappa shape index (κ3) is 1.31. The van der Waals surface area contributed by atoms with Gasteiger partial charge < -0.3 is 0 Å². The molecule has 0 unspecified atom stereocenters. The molecule has 0 amide bonds. The molecule has 2 aromatic heterocycles. The molecule has 0 aliphatic carbocycles. The largest absolute Gasteiger partial charge is 0.291 e. The minimum atomic E-state index is -3.19. The van der Waals surface area contributed by atoms with Gasteiger partial charge in [0.1, 0.15) is 5.65 Å². The molecule has 0 aliphatic heterocycles. The van der Waals surface area contributed by atoms with E-state index in [1.54, 1.807) is 22.7 Å². The Balaban J connectivity index is 2.87. The van der Waals surface area contributed by atoms with Gasteiger partial charge >= 0.3 is 0 Å². The molecule has 2 aromatic rings. The molecule has 2 heterocycles. The molecule has 0 N–H and O–H groups in total. The first kappa shape index (κ1) is 8.25. The van der Waals surface area contributed by atoms with Crippen molar-refractivity contribution >= 4 is 15.5 Å². The summed E-state index contributed by atoms with van der Waals surface area (Å²) in [5.41, 5.74) is 0.642. The van der Waals surface area contributed by atoms with E-state index in [9.17, 15) is 8.42 Å². The molecule has 13 heavy (non-hydrogen) atoms. The average molecular weight is 196 g/mol. The third-order valence-electron chi connectivity index (χ3n) is 1.76. The highest BCUT2D eigenvalue weighted by Crippen LogP contribution is 2.10. The summed E-state index contributed by atoms with van der Waals surface area (Å²) >= 11 is 0. The normalized spacial score (nSPS) is 12.1. The smallest absolute Gasteiger partial charge is 0.192 e. The molecule has 0 radical (unpaired) electrons. The molecule has 0 aromatic carbocycles. The van der Waals surface area contributed by atoms with Crippen LogP contribution in [-0.2, 0) is 9.84 Å². The van der Waals surface area contributed by atoms with E-state index in [1.165, 1.54) is 12.5 Å². The lowest BCUT2D eigenvalue weighted by Crippen LogP contribution is -2.00. The average Bonchev–Trinajstić information content (AvgIpc) is 2.45. The third-order valence-corrected chi connectivity index (χ3v) is 2.82. The number of sulfone groups is 1. The Labute approximate surface area is 75.8 Å². The summed E-state index contributed by atoms with van der Waals surface area (Å²) in [6, 6.07) is 5.34. The first-order valence-corrected chi connectivity index (χ1v) is 5.60. The Morgan fingerprint density at radius 1 is 1.38 bits per heavy atom. The summed E-state index contributed by atoms with van der Waals surface area (Å²) in [7, 11) is -3.19. The maximum atomic E-state index is 11.2. The summed E-state index contributed by atoms with van der Waals surface area (Å²) in [5, 5.41) is 0.225. The fourth-order valence-corrected chi connectivity index (χ4v) is 1.94. The molecule has 68 valence electrons. The van der Waals surface area contributed by atoms with Crippen molar-refractivity contribution in [2.45, 2.75) is 5.03 Å². The molecule has 0 fully saturated rings. The quantitative estimate of drug-likeness (QED) is 0.676. The predicted octanol–water partition coefficient (Wildman–Crippen LogP) is 0.738. The number of fused-ring (bicyclic) bond motifs is 1. The summed E-state index contributed by atoms with van der Waals surface area (Å²) in [5.74, 6) is 0. The number of hydrogen-bond donors (Lipinski definition) is 0. The van der Waals surface area contributed by atoms with Crippen LogP contribution in [-0.4, -0.2) is 24.1 Å². The van der Waals surface area contributed by atoms with Gasteiger partial charge in [-0.1, -0.05) is 6.07 Å². The molecule has 0 bridgehead atoms. The van der Waals surface area contributed by atoms with Gasteiger partial charge in [-0.3, -0.25) is 4.40 Å². The topological polar surface area (TPSA) is 51.4 Å². The summed E-state index contributed by atoms with van der Waals surface area (Å²) < 4.78 is 24.0. The number of imidazole rings is 1. The van der Waals surface area contributed by atoms with Gasteiger partial charge in [0.25, 0.3) is 0 Å².